The number of methoxy groups -OCH3 is 1. The number of ether oxygens (including phenoxy) is 1. The van der Waals surface area contributed by atoms with E-state index in [0.29, 0.717) is 18.7 Å². The lowest BCUT2D eigenvalue weighted by molar-refractivity contribution is -0.137. The fraction of sp³-hybridized carbons (Fsp3) is 0.625. The highest BCUT2D eigenvalue weighted by Crippen LogP contribution is 2.08. The highest BCUT2D eigenvalue weighted by atomic mass is 35.5. The first-order chi connectivity index (χ1) is 5.63. The van der Waals surface area contributed by atoms with Crippen molar-refractivity contribution >= 4 is 17.6 Å². The SMILES string of the molecule is C=C(C(=O)OC)C(O)CCCCl. The number of esters is 1. The Morgan fingerprint density at radius 1 is 1.75 bits per heavy atom. The number of carbonyl (C=O) groups is 1. The first-order valence-corrected chi connectivity index (χ1v) is 4.18. The predicted molar refractivity (Wildman–Crippen MR) is 47.1 cm³/mol. The number of alkyl halides is 1. The van der Waals surface area contributed by atoms with Crippen LogP contribution in [0, 0.1) is 0 Å². The zero-order valence-electron chi connectivity index (χ0n) is 7.05. The van der Waals surface area contributed by atoms with Crippen LogP contribution in [0.15, 0.2) is 12.2 Å². The number of aliphatic hydroxyl groups is 1. The van der Waals surface area contributed by atoms with E-state index in [0.717, 1.165) is 0 Å². The molecule has 0 aromatic heterocycles. The van der Waals surface area contributed by atoms with Crippen molar-refractivity contribution < 1.29 is 14.6 Å². The molecule has 3 nitrogen and oxygen atoms in total. The number of carbonyl (C=O) groups excluding carboxylic acids is 1. The van der Waals surface area contributed by atoms with Gasteiger partial charge in [0, 0.05) is 5.88 Å². The lowest BCUT2D eigenvalue weighted by Gasteiger charge is -2.10. The van der Waals surface area contributed by atoms with E-state index in [1.807, 2.05) is 0 Å². The van der Waals surface area contributed by atoms with Crippen molar-refractivity contribution in [1.29, 1.82) is 0 Å². The minimum atomic E-state index is -0.837. The molecule has 0 spiro atoms. The summed E-state index contributed by atoms with van der Waals surface area (Å²) in [6.45, 7) is 3.41. The summed E-state index contributed by atoms with van der Waals surface area (Å²) < 4.78 is 4.38. The summed E-state index contributed by atoms with van der Waals surface area (Å²) in [6.07, 6.45) is 0.257. The summed E-state index contributed by atoms with van der Waals surface area (Å²) in [5.74, 6) is -0.108. The van der Waals surface area contributed by atoms with Crippen molar-refractivity contribution in [2.24, 2.45) is 0 Å². The van der Waals surface area contributed by atoms with Crippen LogP contribution in [-0.4, -0.2) is 30.2 Å². The number of hydrogen-bond donors (Lipinski definition) is 1. The molecule has 1 unspecified atom stereocenters. The summed E-state index contributed by atoms with van der Waals surface area (Å²) in [4.78, 5) is 10.8. The number of halogens is 1. The molecule has 0 aromatic carbocycles. The summed E-state index contributed by atoms with van der Waals surface area (Å²) in [7, 11) is 1.25. The Balaban J connectivity index is 3.84. The molecule has 0 aromatic rings. The zero-order chi connectivity index (χ0) is 9.56. The fourth-order valence-electron chi connectivity index (χ4n) is 0.712. The molecule has 12 heavy (non-hydrogen) atoms. The molecule has 0 rings (SSSR count). The Labute approximate surface area is 77.0 Å². The van der Waals surface area contributed by atoms with Crippen molar-refractivity contribution in [2.45, 2.75) is 18.9 Å². The molecule has 70 valence electrons. The minimum Gasteiger partial charge on any atom is -0.466 e. The third-order valence-electron chi connectivity index (χ3n) is 1.46. The van der Waals surface area contributed by atoms with E-state index in [1.165, 1.54) is 7.11 Å². The van der Waals surface area contributed by atoms with Crippen LogP contribution in [0.2, 0.25) is 0 Å². The van der Waals surface area contributed by atoms with Gasteiger partial charge in [0.1, 0.15) is 0 Å². The Bertz CT molecular complexity index is 168. The van der Waals surface area contributed by atoms with Crippen molar-refractivity contribution in [2.75, 3.05) is 13.0 Å². The number of aliphatic hydroxyl groups excluding tert-OH is 1. The second kappa shape index (κ2) is 6.03. The van der Waals surface area contributed by atoms with Gasteiger partial charge < -0.3 is 9.84 Å². The maximum Gasteiger partial charge on any atom is 0.335 e. The Morgan fingerprint density at radius 2 is 2.33 bits per heavy atom. The molecule has 0 fully saturated rings. The van der Waals surface area contributed by atoms with Gasteiger partial charge in [0.05, 0.1) is 18.8 Å². The average molecular weight is 193 g/mol. The average Bonchev–Trinajstić information content (AvgIpc) is 2.11. The molecule has 0 aliphatic heterocycles. The Morgan fingerprint density at radius 3 is 2.75 bits per heavy atom. The maximum atomic E-state index is 10.8. The van der Waals surface area contributed by atoms with Crippen LogP contribution in [0.3, 0.4) is 0 Å². The summed E-state index contributed by atoms with van der Waals surface area (Å²) in [5, 5.41) is 9.29. The van der Waals surface area contributed by atoms with E-state index in [1.54, 1.807) is 0 Å². The predicted octanol–water partition coefficient (Wildman–Crippen LogP) is 1.10. The van der Waals surface area contributed by atoms with Gasteiger partial charge in [-0.05, 0) is 12.8 Å². The highest BCUT2D eigenvalue weighted by molar-refractivity contribution is 6.17. The topological polar surface area (TPSA) is 46.5 Å². The Hall–Kier alpha value is -0.540. The van der Waals surface area contributed by atoms with Crippen LogP contribution in [0.5, 0.6) is 0 Å². The Kier molecular flexibility index (Phi) is 5.76. The van der Waals surface area contributed by atoms with Crippen LogP contribution in [0.25, 0.3) is 0 Å². The van der Waals surface area contributed by atoms with Crippen LogP contribution in [-0.2, 0) is 9.53 Å². The van der Waals surface area contributed by atoms with E-state index < -0.39 is 12.1 Å². The van der Waals surface area contributed by atoms with Gasteiger partial charge in [-0.2, -0.15) is 0 Å². The number of rotatable bonds is 5. The standard InChI is InChI=1S/C8H13ClO3/c1-6(8(11)12-2)7(10)4-3-5-9/h7,10H,1,3-5H2,2H3. The van der Waals surface area contributed by atoms with Crippen LogP contribution in [0.4, 0.5) is 0 Å². The quantitative estimate of drug-likeness (QED) is 0.403. The lowest BCUT2D eigenvalue weighted by atomic mass is 10.1. The molecular weight excluding hydrogens is 180 g/mol. The minimum absolute atomic E-state index is 0.0858. The first kappa shape index (κ1) is 11.5. The van der Waals surface area contributed by atoms with Crippen molar-refractivity contribution in [1.82, 2.24) is 0 Å². The summed E-state index contributed by atoms with van der Waals surface area (Å²) >= 11 is 5.41. The molecule has 0 bridgehead atoms. The monoisotopic (exact) mass is 192 g/mol. The third kappa shape index (κ3) is 3.74. The van der Waals surface area contributed by atoms with Crippen LogP contribution >= 0.6 is 11.6 Å². The molecule has 0 aliphatic rings. The number of hydrogen-bond acceptors (Lipinski definition) is 3. The molecular formula is C8H13ClO3. The van der Waals surface area contributed by atoms with Gasteiger partial charge in [0.2, 0.25) is 0 Å². The van der Waals surface area contributed by atoms with Crippen molar-refractivity contribution in [3.63, 3.8) is 0 Å². The lowest BCUT2D eigenvalue weighted by Crippen LogP contribution is -2.18. The van der Waals surface area contributed by atoms with E-state index >= 15 is 0 Å². The maximum absolute atomic E-state index is 10.8. The highest BCUT2D eigenvalue weighted by Gasteiger charge is 2.15. The second-order valence-electron chi connectivity index (χ2n) is 2.36. The van der Waals surface area contributed by atoms with E-state index in [4.69, 9.17) is 11.6 Å². The van der Waals surface area contributed by atoms with Gasteiger partial charge >= 0.3 is 5.97 Å². The van der Waals surface area contributed by atoms with Gasteiger partial charge in [-0.25, -0.2) is 4.79 Å². The third-order valence-corrected chi connectivity index (χ3v) is 1.73. The van der Waals surface area contributed by atoms with Gasteiger partial charge in [0.25, 0.3) is 0 Å². The smallest absolute Gasteiger partial charge is 0.335 e. The normalized spacial score (nSPS) is 12.2. The molecule has 1 atom stereocenters. The molecule has 1 N–H and O–H groups in total. The second-order valence-corrected chi connectivity index (χ2v) is 2.74. The van der Waals surface area contributed by atoms with Gasteiger partial charge in [-0.1, -0.05) is 6.58 Å². The van der Waals surface area contributed by atoms with Crippen LogP contribution < -0.4 is 0 Å². The molecule has 0 aliphatic carbocycles. The molecule has 0 radical (unpaired) electrons. The van der Waals surface area contributed by atoms with Gasteiger partial charge in [-0.3, -0.25) is 0 Å². The van der Waals surface area contributed by atoms with E-state index in [-0.39, 0.29) is 5.57 Å². The molecule has 4 heteroatoms. The first-order valence-electron chi connectivity index (χ1n) is 3.64. The van der Waals surface area contributed by atoms with E-state index in [9.17, 15) is 9.90 Å². The van der Waals surface area contributed by atoms with Gasteiger partial charge in [0.15, 0.2) is 0 Å². The fourth-order valence-corrected chi connectivity index (χ4v) is 0.866. The van der Waals surface area contributed by atoms with Gasteiger partial charge in [-0.15, -0.1) is 11.6 Å². The zero-order valence-corrected chi connectivity index (χ0v) is 7.80. The summed E-state index contributed by atoms with van der Waals surface area (Å²) in [6, 6.07) is 0. The van der Waals surface area contributed by atoms with E-state index in [2.05, 4.69) is 11.3 Å². The van der Waals surface area contributed by atoms with Crippen molar-refractivity contribution in [3.05, 3.63) is 12.2 Å². The largest absolute Gasteiger partial charge is 0.466 e. The molecule has 0 amide bonds. The molecule has 0 saturated carbocycles. The molecule has 0 heterocycles. The van der Waals surface area contributed by atoms with Crippen LogP contribution in [0.1, 0.15) is 12.8 Å². The molecule has 0 saturated heterocycles. The summed E-state index contributed by atoms with van der Waals surface area (Å²) in [5.41, 5.74) is 0.0858. The van der Waals surface area contributed by atoms with Crippen molar-refractivity contribution in [3.8, 4) is 0 Å².